The summed E-state index contributed by atoms with van der Waals surface area (Å²) in [5.74, 6) is -0.781. The lowest BCUT2D eigenvalue weighted by atomic mass is 9.93. The van der Waals surface area contributed by atoms with E-state index >= 15 is 0 Å². The molecule has 0 amide bonds. The second kappa shape index (κ2) is 6.85. The van der Waals surface area contributed by atoms with Gasteiger partial charge in [-0.05, 0) is 25.7 Å². The van der Waals surface area contributed by atoms with Gasteiger partial charge in [-0.25, -0.2) is 4.98 Å². The molecule has 2 N–H and O–H groups in total. The number of nitrogens with zero attached hydrogens (tertiary/aromatic N) is 1. The van der Waals surface area contributed by atoms with Crippen molar-refractivity contribution in [1.82, 2.24) is 10.3 Å². The number of carboxylic acids is 1. The molecular weight excluding hydrogens is 248 g/mol. The molecular formula is C13H22N2O2S. The third-order valence-electron chi connectivity index (χ3n) is 3.29. The van der Waals surface area contributed by atoms with E-state index in [9.17, 15) is 9.90 Å². The number of nitrogens with one attached hydrogen (secondary N) is 1. The van der Waals surface area contributed by atoms with Gasteiger partial charge in [0.05, 0.1) is 10.7 Å². The van der Waals surface area contributed by atoms with Crippen LogP contribution in [-0.4, -0.2) is 21.6 Å². The van der Waals surface area contributed by atoms with Crippen molar-refractivity contribution in [3.63, 3.8) is 0 Å². The molecule has 1 heterocycles. The molecule has 102 valence electrons. The zero-order valence-electron chi connectivity index (χ0n) is 11.3. The molecule has 1 rings (SSSR count). The number of hydrogen-bond acceptors (Lipinski definition) is 4. The normalized spacial score (nSPS) is 11.7. The number of carboxylic acid groups (broad SMARTS) is 1. The number of aliphatic carboxylic acids is 1. The van der Waals surface area contributed by atoms with Crippen LogP contribution in [0.25, 0.3) is 0 Å². The lowest BCUT2D eigenvalue weighted by molar-refractivity contribution is -0.145. The van der Waals surface area contributed by atoms with E-state index in [1.807, 2.05) is 19.2 Å². The van der Waals surface area contributed by atoms with E-state index in [4.69, 9.17) is 0 Å². The van der Waals surface area contributed by atoms with Gasteiger partial charge in [-0.15, -0.1) is 11.3 Å². The summed E-state index contributed by atoms with van der Waals surface area (Å²) in [5.41, 5.74) is 0.116. The van der Waals surface area contributed by atoms with E-state index in [1.165, 1.54) is 0 Å². The van der Waals surface area contributed by atoms with Crippen molar-refractivity contribution in [2.75, 3.05) is 0 Å². The van der Waals surface area contributed by atoms with E-state index in [0.717, 1.165) is 23.5 Å². The molecule has 1 aromatic rings. The summed E-state index contributed by atoms with van der Waals surface area (Å²) in [7, 11) is 0. The summed E-state index contributed by atoms with van der Waals surface area (Å²) in [6, 6.07) is 0. The second-order valence-electron chi connectivity index (χ2n) is 4.43. The Balaban J connectivity index is 2.64. The van der Waals surface area contributed by atoms with Gasteiger partial charge in [-0.1, -0.05) is 20.8 Å². The van der Waals surface area contributed by atoms with Crippen LogP contribution in [-0.2, 0) is 17.8 Å². The van der Waals surface area contributed by atoms with Gasteiger partial charge in [0.25, 0.3) is 0 Å². The van der Waals surface area contributed by atoms with Gasteiger partial charge < -0.3 is 5.11 Å². The van der Waals surface area contributed by atoms with Crippen LogP contribution in [0.2, 0.25) is 0 Å². The van der Waals surface area contributed by atoms with Crippen molar-refractivity contribution in [3.05, 3.63) is 16.1 Å². The molecule has 0 aliphatic carbocycles. The molecule has 0 saturated heterocycles. The van der Waals surface area contributed by atoms with Crippen molar-refractivity contribution in [2.45, 2.75) is 58.5 Å². The highest BCUT2D eigenvalue weighted by Crippen LogP contribution is 2.17. The number of aromatic nitrogens is 1. The fourth-order valence-electron chi connectivity index (χ4n) is 1.90. The van der Waals surface area contributed by atoms with Crippen LogP contribution in [0.1, 0.15) is 50.7 Å². The average molecular weight is 270 g/mol. The van der Waals surface area contributed by atoms with E-state index in [1.54, 1.807) is 11.3 Å². The van der Waals surface area contributed by atoms with E-state index in [-0.39, 0.29) is 0 Å². The Labute approximate surface area is 112 Å². The Morgan fingerprint density at radius 2 is 2.11 bits per heavy atom. The van der Waals surface area contributed by atoms with Crippen molar-refractivity contribution in [2.24, 2.45) is 0 Å². The zero-order chi connectivity index (χ0) is 13.6. The number of aryl methyl sites for hydroxylation is 1. The largest absolute Gasteiger partial charge is 0.480 e. The molecule has 0 bridgehead atoms. The zero-order valence-corrected chi connectivity index (χ0v) is 12.1. The predicted octanol–water partition coefficient (Wildman–Crippen LogP) is 2.83. The number of carbonyl (C=O) groups is 1. The first kappa shape index (κ1) is 15.1. The maximum Gasteiger partial charge on any atom is 0.323 e. The first-order valence-corrected chi connectivity index (χ1v) is 7.37. The summed E-state index contributed by atoms with van der Waals surface area (Å²) < 4.78 is 0. The molecule has 0 unspecified atom stereocenters. The Hall–Kier alpha value is -0.940. The Morgan fingerprint density at radius 1 is 1.44 bits per heavy atom. The number of thiazole rings is 1. The van der Waals surface area contributed by atoms with Crippen LogP contribution in [0.4, 0.5) is 0 Å². The molecule has 0 spiro atoms. The fourth-order valence-corrected chi connectivity index (χ4v) is 2.80. The van der Waals surface area contributed by atoms with E-state index in [0.29, 0.717) is 19.4 Å². The predicted molar refractivity (Wildman–Crippen MR) is 73.9 cm³/mol. The highest BCUT2D eigenvalue weighted by atomic mass is 32.1. The molecule has 0 atom stereocenters. The molecule has 1 aromatic heterocycles. The van der Waals surface area contributed by atoms with Gasteiger partial charge in [0.15, 0.2) is 0 Å². The monoisotopic (exact) mass is 270 g/mol. The van der Waals surface area contributed by atoms with Crippen LogP contribution < -0.4 is 5.32 Å². The molecule has 18 heavy (non-hydrogen) atoms. The molecule has 0 aromatic carbocycles. The van der Waals surface area contributed by atoms with Crippen molar-refractivity contribution in [1.29, 1.82) is 0 Å². The SMILES string of the molecule is CCCc1nc(CNC(CC)(CC)C(=O)O)cs1. The molecule has 0 radical (unpaired) electrons. The summed E-state index contributed by atoms with van der Waals surface area (Å²) in [6.07, 6.45) is 3.23. The minimum atomic E-state index is -0.825. The summed E-state index contributed by atoms with van der Waals surface area (Å²) in [4.78, 5) is 15.8. The van der Waals surface area contributed by atoms with Crippen LogP contribution in [0, 0.1) is 0 Å². The van der Waals surface area contributed by atoms with Crippen molar-refractivity contribution >= 4 is 17.3 Å². The highest BCUT2D eigenvalue weighted by Gasteiger charge is 2.34. The van der Waals surface area contributed by atoms with Crippen LogP contribution >= 0.6 is 11.3 Å². The molecule has 0 aliphatic rings. The molecule has 5 heteroatoms. The molecule has 0 aliphatic heterocycles. The first-order chi connectivity index (χ1) is 8.57. The Kier molecular flexibility index (Phi) is 5.75. The maximum atomic E-state index is 11.3. The van der Waals surface area contributed by atoms with E-state index < -0.39 is 11.5 Å². The first-order valence-electron chi connectivity index (χ1n) is 6.49. The fraction of sp³-hybridized carbons (Fsp3) is 0.692. The Morgan fingerprint density at radius 3 is 2.61 bits per heavy atom. The minimum Gasteiger partial charge on any atom is -0.480 e. The van der Waals surface area contributed by atoms with Crippen molar-refractivity contribution < 1.29 is 9.90 Å². The molecule has 4 nitrogen and oxygen atoms in total. The van der Waals surface area contributed by atoms with Gasteiger partial charge >= 0.3 is 5.97 Å². The third kappa shape index (κ3) is 3.53. The number of hydrogen-bond donors (Lipinski definition) is 2. The lowest BCUT2D eigenvalue weighted by Gasteiger charge is -2.27. The third-order valence-corrected chi connectivity index (χ3v) is 4.24. The van der Waals surface area contributed by atoms with E-state index in [2.05, 4.69) is 17.2 Å². The van der Waals surface area contributed by atoms with Gasteiger partial charge in [-0.2, -0.15) is 0 Å². The number of rotatable bonds is 8. The lowest BCUT2D eigenvalue weighted by Crippen LogP contribution is -2.50. The molecule has 0 fully saturated rings. The summed E-state index contributed by atoms with van der Waals surface area (Å²) in [6.45, 7) is 6.44. The van der Waals surface area contributed by atoms with Crippen LogP contribution in [0.5, 0.6) is 0 Å². The van der Waals surface area contributed by atoms with Crippen LogP contribution in [0.15, 0.2) is 5.38 Å². The average Bonchev–Trinajstić information content (AvgIpc) is 2.79. The maximum absolute atomic E-state index is 11.3. The minimum absolute atomic E-state index is 0.522. The van der Waals surface area contributed by atoms with Crippen LogP contribution in [0.3, 0.4) is 0 Å². The topological polar surface area (TPSA) is 62.2 Å². The highest BCUT2D eigenvalue weighted by molar-refractivity contribution is 7.09. The standard InChI is InChI=1S/C13H22N2O2S/c1-4-7-11-15-10(9-18-11)8-14-13(5-2,6-3)12(16)17/h9,14H,4-8H2,1-3H3,(H,16,17). The van der Waals surface area contributed by atoms with Gasteiger partial charge in [-0.3, -0.25) is 10.1 Å². The second-order valence-corrected chi connectivity index (χ2v) is 5.37. The quantitative estimate of drug-likeness (QED) is 0.762. The molecule has 0 saturated carbocycles. The Bertz CT molecular complexity index is 386. The van der Waals surface area contributed by atoms with Crippen molar-refractivity contribution in [3.8, 4) is 0 Å². The smallest absolute Gasteiger partial charge is 0.323 e. The van der Waals surface area contributed by atoms with Gasteiger partial charge in [0.2, 0.25) is 0 Å². The van der Waals surface area contributed by atoms with Gasteiger partial charge in [0.1, 0.15) is 5.54 Å². The summed E-state index contributed by atoms with van der Waals surface area (Å²) in [5, 5.41) is 15.6. The van der Waals surface area contributed by atoms with Gasteiger partial charge in [0, 0.05) is 11.9 Å². The summed E-state index contributed by atoms with van der Waals surface area (Å²) >= 11 is 1.65.